The molecule has 1 saturated carbocycles. The van der Waals surface area contributed by atoms with Gasteiger partial charge in [0.05, 0.1) is 0 Å². The van der Waals surface area contributed by atoms with Gasteiger partial charge in [0.15, 0.2) is 8.32 Å². The number of carbonyl (C=O) groups excluding carboxylic acids is 2. The third-order valence-corrected chi connectivity index (χ3v) is 11.4. The fraction of sp³-hybridized carbons (Fsp3) is 0.773. The molecule has 8 nitrogen and oxygen atoms in total. The first kappa shape index (κ1) is 25.4. The van der Waals surface area contributed by atoms with Crippen LogP contribution in [0.2, 0.25) is 18.1 Å². The lowest BCUT2D eigenvalue weighted by atomic mass is 10.1. The molecule has 2 rings (SSSR count). The number of fused-ring (bicyclic) bond motifs is 1. The minimum Gasteiger partial charge on any atom is -0.479 e. The second-order valence-corrected chi connectivity index (χ2v) is 15.1. The van der Waals surface area contributed by atoms with Gasteiger partial charge in [0.25, 0.3) is 0 Å². The minimum absolute atomic E-state index is 0.0307. The van der Waals surface area contributed by atoms with Gasteiger partial charge in [-0.25, -0.2) is 9.59 Å². The highest BCUT2D eigenvalue weighted by Gasteiger charge is 2.60. The van der Waals surface area contributed by atoms with Crippen LogP contribution in [0.15, 0.2) is 12.2 Å². The van der Waals surface area contributed by atoms with Crippen LogP contribution in [-0.2, 0) is 14.0 Å². The molecule has 1 aliphatic carbocycles. The molecule has 0 spiro atoms. The zero-order valence-corrected chi connectivity index (χ0v) is 20.8. The monoisotopic (exact) mass is 453 g/mol. The molecular formula is C22H39N3O5Si. The van der Waals surface area contributed by atoms with Gasteiger partial charge in [-0.3, -0.25) is 4.79 Å². The lowest BCUT2D eigenvalue weighted by Crippen LogP contribution is -2.56. The van der Waals surface area contributed by atoms with Crippen molar-refractivity contribution in [3.05, 3.63) is 12.2 Å². The minimum atomic E-state index is -2.01. The molecule has 3 atom stereocenters. The van der Waals surface area contributed by atoms with Gasteiger partial charge < -0.3 is 25.1 Å². The van der Waals surface area contributed by atoms with Crippen molar-refractivity contribution in [2.24, 2.45) is 5.92 Å². The van der Waals surface area contributed by atoms with E-state index in [4.69, 9.17) is 4.43 Å². The molecule has 0 aromatic rings. The van der Waals surface area contributed by atoms with E-state index in [0.717, 1.165) is 19.3 Å². The van der Waals surface area contributed by atoms with Gasteiger partial charge in [-0.1, -0.05) is 32.9 Å². The third kappa shape index (κ3) is 6.32. The first-order valence-electron chi connectivity index (χ1n) is 11.2. The lowest BCUT2D eigenvalue weighted by Gasteiger charge is -2.36. The van der Waals surface area contributed by atoms with E-state index in [1.54, 1.807) is 11.9 Å². The van der Waals surface area contributed by atoms with Crippen molar-refractivity contribution < 1.29 is 23.9 Å². The topological polar surface area (TPSA) is 108 Å². The maximum absolute atomic E-state index is 13.1. The summed E-state index contributed by atoms with van der Waals surface area (Å²) in [6, 6.07) is -1.19. The lowest BCUT2D eigenvalue weighted by molar-refractivity contribution is -0.143. The van der Waals surface area contributed by atoms with Crippen LogP contribution < -0.4 is 10.6 Å². The SMILES string of the molecule is CN1CCCCC=CC2CC2(C(=O)O)NC(=O)C(CCO[Si](C)(C)C(C)(C)C)NC1=O. The van der Waals surface area contributed by atoms with E-state index in [-0.39, 0.29) is 23.4 Å². The zero-order valence-electron chi connectivity index (χ0n) is 19.8. The van der Waals surface area contributed by atoms with E-state index >= 15 is 0 Å². The Kier molecular flexibility index (Phi) is 7.97. The van der Waals surface area contributed by atoms with Crippen molar-refractivity contribution in [3.63, 3.8) is 0 Å². The normalized spacial score (nSPS) is 28.3. The number of amides is 3. The number of rotatable bonds is 5. The Morgan fingerprint density at radius 1 is 1.32 bits per heavy atom. The summed E-state index contributed by atoms with van der Waals surface area (Å²) >= 11 is 0. The quantitative estimate of drug-likeness (QED) is 0.438. The van der Waals surface area contributed by atoms with Gasteiger partial charge in [-0.15, -0.1) is 0 Å². The summed E-state index contributed by atoms with van der Waals surface area (Å²) < 4.78 is 6.19. The fourth-order valence-corrected chi connectivity index (χ4v) is 4.48. The Bertz CT molecular complexity index is 718. The first-order chi connectivity index (χ1) is 14.3. The number of carbonyl (C=O) groups is 3. The number of hydrogen-bond donors (Lipinski definition) is 3. The van der Waals surface area contributed by atoms with E-state index in [1.165, 1.54) is 0 Å². The highest BCUT2D eigenvalue weighted by atomic mass is 28.4. The fourth-order valence-electron chi connectivity index (χ4n) is 3.42. The Morgan fingerprint density at radius 2 is 2.00 bits per heavy atom. The van der Waals surface area contributed by atoms with Gasteiger partial charge in [-0.2, -0.15) is 0 Å². The van der Waals surface area contributed by atoms with Crippen LogP contribution in [0, 0.1) is 5.92 Å². The molecule has 2 aliphatic rings. The van der Waals surface area contributed by atoms with Crippen molar-refractivity contribution >= 4 is 26.2 Å². The van der Waals surface area contributed by atoms with Crippen LogP contribution in [0.3, 0.4) is 0 Å². The number of hydrogen-bond acceptors (Lipinski definition) is 4. The number of aliphatic carboxylic acids is 1. The molecule has 0 aromatic carbocycles. The van der Waals surface area contributed by atoms with E-state index in [2.05, 4.69) is 44.5 Å². The molecule has 3 amide bonds. The molecule has 1 fully saturated rings. The molecule has 0 saturated heterocycles. The number of urea groups is 1. The Hall–Kier alpha value is -1.87. The van der Waals surface area contributed by atoms with Crippen LogP contribution in [0.5, 0.6) is 0 Å². The standard InChI is InChI=1S/C22H39N3O5Si/c1-21(2,3)31(5,6)30-14-12-17-18(26)24-22(19(27)28)15-16(22)11-9-7-8-10-13-25(4)20(29)23-17/h9,11,16-17H,7-8,10,12-15H2,1-6H3,(H,23,29)(H,24,26)(H,27,28). The Labute approximate surface area is 186 Å². The molecule has 1 aliphatic heterocycles. The van der Waals surface area contributed by atoms with E-state index < -0.39 is 31.8 Å². The van der Waals surface area contributed by atoms with Gasteiger partial charge in [-0.05, 0) is 50.2 Å². The van der Waals surface area contributed by atoms with E-state index in [1.807, 2.05) is 12.2 Å². The van der Waals surface area contributed by atoms with Gasteiger partial charge in [0.2, 0.25) is 5.91 Å². The molecule has 31 heavy (non-hydrogen) atoms. The van der Waals surface area contributed by atoms with Crippen molar-refractivity contribution in [3.8, 4) is 0 Å². The van der Waals surface area contributed by atoms with Crippen molar-refractivity contribution in [1.82, 2.24) is 15.5 Å². The Balaban J connectivity index is 2.16. The highest BCUT2D eigenvalue weighted by Crippen LogP contribution is 2.45. The maximum atomic E-state index is 13.1. The van der Waals surface area contributed by atoms with Crippen LogP contribution >= 0.6 is 0 Å². The largest absolute Gasteiger partial charge is 0.479 e. The van der Waals surface area contributed by atoms with Gasteiger partial charge >= 0.3 is 12.0 Å². The summed E-state index contributed by atoms with van der Waals surface area (Å²) in [5, 5.41) is 15.3. The molecule has 0 radical (unpaired) electrons. The molecule has 3 unspecified atom stereocenters. The molecule has 0 aromatic heterocycles. The van der Waals surface area contributed by atoms with Crippen LogP contribution in [0.4, 0.5) is 4.79 Å². The zero-order chi connectivity index (χ0) is 23.4. The summed E-state index contributed by atoms with van der Waals surface area (Å²) in [4.78, 5) is 39.2. The summed E-state index contributed by atoms with van der Waals surface area (Å²) in [5.41, 5.74) is -1.28. The average molecular weight is 454 g/mol. The summed E-state index contributed by atoms with van der Waals surface area (Å²) in [7, 11) is -0.303. The second kappa shape index (κ2) is 9.73. The molecule has 1 heterocycles. The molecule has 9 heteroatoms. The first-order valence-corrected chi connectivity index (χ1v) is 14.1. The van der Waals surface area contributed by atoms with Crippen molar-refractivity contribution in [1.29, 1.82) is 0 Å². The molecular weight excluding hydrogens is 414 g/mol. The second-order valence-electron chi connectivity index (χ2n) is 10.3. The third-order valence-electron chi connectivity index (χ3n) is 6.86. The van der Waals surface area contributed by atoms with Crippen molar-refractivity contribution in [2.45, 2.75) is 82.6 Å². The van der Waals surface area contributed by atoms with Crippen LogP contribution in [-0.4, -0.2) is 68.0 Å². The number of carboxylic acid groups (broad SMARTS) is 1. The van der Waals surface area contributed by atoms with E-state index in [0.29, 0.717) is 19.6 Å². The number of allylic oxidation sites excluding steroid dienone is 1. The maximum Gasteiger partial charge on any atom is 0.330 e. The summed E-state index contributed by atoms with van der Waals surface area (Å²) in [5.74, 6) is -1.74. The highest BCUT2D eigenvalue weighted by molar-refractivity contribution is 6.74. The Morgan fingerprint density at radius 3 is 2.61 bits per heavy atom. The van der Waals surface area contributed by atoms with Crippen molar-refractivity contribution in [2.75, 3.05) is 20.2 Å². The predicted octanol–water partition coefficient (Wildman–Crippen LogP) is 3.11. The number of nitrogens with zero attached hydrogens (tertiary/aromatic N) is 1. The van der Waals surface area contributed by atoms with Crippen LogP contribution in [0.25, 0.3) is 0 Å². The van der Waals surface area contributed by atoms with Gasteiger partial charge in [0, 0.05) is 26.1 Å². The predicted molar refractivity (Wildman–Crippen MR) is 122 cm³/mol. The van der Waals surface area contributed by atoms with Crippen LogP contribution in [0.1, 0.15) is 52.9 Å². The molecule has 176 valence electrons. The number of nitrogens with one attached hydrogen (secondary N) is 2. The molecule has 3 N–H and O–H groups in total. The van der Waals surface area contributed by atoms with E-state index in [9.17, 15) is 19.5 Å². The number of carboxylic acids is 1. The molecule has 0 bridgehead atoms. The average Bonchev–Trinajstić information content (AvgIpc) is 3.35. The summed E-state index contributed by atoms with van der Waals surface area (Å²) in [6.07, 6.45) is 7.12. The van der Waals surface area contributed by atoms with Gasteiger partial charge in [0.1, 0.15) is 11.6 Å². The smallest absolute Gasteiger partial charge is 0.330 e. The summed E-state index contributed by atoms with van der Waals surface area (Å²) in [6.45, 7) is 11.6.